The molecule has 2 fully saturated rings. The molecule has 0 radical (unpaired) electrons. The Morgan fingerprint density at radius 3 is 2.47 bits per heavy atom. The van der Waals surface area contributed by atoms with E-state index in [0.717, 1.165) is 25.8 Å². The first kappa shape index (κ1) is 14.2. The summed E-state index contributed by atoms with van der Waals surface area (Å²) >= 11 is 0. The molecule has 2 aliphatic carbocycles. The standard InChI is InChI=1S/C14H24N2O3/c1-2-10(7-13(17)18)8-15-14(19)16(12-5-6-12)9-11-3-4-11/h10-12H,2-9H2,1H3,(H,15,19)(H,17,18). The predicted octanol–water partition coefficient (Wildman–Crippen LogP) is 2.07. The second-order valence-electron chi connectivity index (χ2n) is 5.89. The number of carboxylic acids is 1. The number of aliphatic carboxylic acids is 1. The molecule has 2 saturated carbocycles. The quantitative estimate of drug-likeness (QED) is 0.708. The average molecular weight is 268 g/mol. The van der Waals surface area contributed by atoms with E-state index in [1.54, 1.807) is 0 Å². The van der Waals surface area contributed by atoms with Crippen molar-refractivity contribution in [2.45, 2.75) is 51.5 Å². The molecule has 1 unspecified atom stereocenters. The summed E-state index contributed by atoms with van der Waals surface area (Å²) in [6, 6.07) is 0.429. The van der Waals surface area contributed by atoms with Crippen molar-refractivity contribution in [2.24, 2.45) is 11.8 Å². The Labute approximate surface area is 114 Å². The normalized spacial score (nSPS) is 19.8. The van der Waals surface area contributed by atoms with E-state index in [9.17, 15) is 9.59 Å². The van der Waals surface area contributed by atoms with Crippen LogP contribution in [0, 0.1) is 11.8 Å². The Morgan fingerprint density at radius 1 is 1.32 bits per heavy atom. The van der Waals surface area contributed by atoms with Crippen LogP contribution < -0.4 is 5.32 Å². The largest absolute Gasteiger partial charge is 0.481 e. The van der Waals surface area contributed by atoms with E-state index < -0.39 is 5.97 Å². The van der Waals surface area contributed by atoms with E-state index >= 15 is 0 Å². The van der Waals surface area contributed by atoms with E-state index in [1.807, 2.05) is 11.8 Å². The van der Waals surface area contributed by atoms with Crippen molar-refractivity contribution < 1.29 is 14.7 Å². The third kappa shape index (κ3) is 4.73. The average Bonchev–Trinajstić information content (AvgIpc) is 3.23. The number of carbonyl (C=O) groups is 2. The van der Waals surface area contributed by atoms with Crippen molar-refractivity contribution in [1.82, 2.24) is 10.2 Å². The molecule has 5 nitrogen and oxygen atoms in total. The summed E-state index contributed by atoms with van der Waals surface area (Å²) in [5.41, 5.74) is 0. The lowest BCUT2D eigenvalue weighted by Gasteiger charge is -2.24. The number of rotatable bonds is 8. The second kappa shape index (κ2) is 6.26. The second-order valence-corrected chi connectivity index (χ2v) is 5.89. The third-order valence-corrected chi connectivity index (χ3v) is 3.98. The summed E-state index contributed by atoms with van der Waals surface area (Å²) in [5, 5.41) is 11.7. The van der Waals surface area contributed by atoms with Crippen molar-refractivity contribution in [1.29, 1.82) is 0 Å². The predicted molar refractivity (Wildman–Crippen MR) is 71.9 cm³/mol. The summed E-state index contributed by atoms with van der Waals surface area (Å²) in [6.07, 6.45) is 5.63. The Hall–Kier alpha value is -1.26. The van der Waals surface area contributed by atoms with E-state index in [-0.39, 0.29) is 18.4 Å². The maximum absolute atomic E-state index is 12.2. The first-order chi connectivity index (χ1) is 9.10. The molecule has 0 aliphatic heterocycles. The molecule has 0 saturated heterocycles. The Balaban J connectivity index is 1.75. The summed E-state index contributed by atoms with van der Waals surface area (Å²) in [6.45, 7) is 3.31. The van der Waals surface area contributed by atoms with Gasteiger partial charge in [0.05, 0.1) is 0 Å². The fraction of sp³-hybridized carbons (Fsp3) is 0.857. The first-order valence-corrected chi connectivity index (χ1v) is 7.36. The van der Waals surface area contributed by atoms with E-state index in [1.165, 1.54) is 12.8 Å². The number of amides is 2. The molecule has 2 aliphatic rings. The summed E-state index contributed by atoms with van der Waals surface area (Å²) in [4.78, 5) is 24.8. The Bertz CT molecular complexity index is 338. The molecule has 108 valence electrons. The monoisotopic (exact) mass is 268 g/mol. The molecule has 2 N–H and O–H groups in total. The van der Waals surface area contributed by atoms with Gasteiger partial charge in [0, 0.05) is 25.6 Å². The van der Waals surface area contributed by atoms with Crippen molar-refractivity contribution >= 4 is 12.0 Å². The number of carboxylic acid groups (broad SMARTS) is 1. The van der Waals surface area contributed by atoms with Crippen molar-refractivity contribution in [3.63, 3.8) is 0 Å². The zero-order valence-electron chi connectivity index (χ0n) is 11.6. The minimum atomic E-state index is -0.793. The molecule has 0 heterocycles. The molecular formula is C14H24N2O3. The Morgan fingerprint density at radius 2 is 2.00 bits per heavy atom. The van der Waals surface area contributed by atoms with Gasteiger partial charge in [-0.05, 0) is 37.5 Å². The van der Waals surface area contributed by atoms with E-state index in [4.69, 9.17) is 5.11 Å². The maximum Gasteiger partial charge on any atom is 0.317 e. The molecular weight excluding hydrogens is 244 g/mol. The van der Waals surface area contributed by atoms with Gasteiger partial charge in [-0.25, -0.2) is 4.79 Å². The van der Waals surface area contributed by atoms with Crippen molar-refractivity contribution in [3.05, 3.63) is 0 Å². The highest BCUT2D eigenvalue weighted by molar-refractivity contribution is 5.75. The van der Waals surface area contributed by atoms with Gasteiger partial charge in [0.15, 0.2) is 0 Å². The van der Waals surface area contributed by atoms with Gasteiger partial charge in [0.2, 0.25) is 0 Å². The molecule has 0 spiro atoms. The summed E-state index contributed by atoms with van der Waals surface area (Å²) < 4.78 is 0. The smallest absolute Gasteiger partial charge is 0.317 e. The first-order valence-electron chi connectivity index (χ1n) is 7.36. The third-order valence-electron chi connectivity index (χ3n) is 3.98. The molecule has 0 bridgehead atoms. The lowest BCUT2D eigenvalue weighted by Crippen LogP contribution is -2.44. The highest BCUT2D eigenvalue weighted by atomic mass is 16.4. The lowest BCUT2D eigenvalue weighted by molar-refractivity contribution is -0.138. The summed E-state index contributed by atoms with van der Waals surface area (Å²) in [5.74, 6) is -0.0612. The molecule has 2 amide bonds. The van der Waals surface area contributed by atoms with Crippen LogP contribution >= 0.6 is 0 Å². The topological polar surface area (TPSA) is 69.6 Å². The number of urea groups is 1. The van der Waals surface area contributed by atoms with Crippen LogP contribution in [0.5, 0.6) is 0 Å². The molecule has 19 heavy (non-hydrogen) atoms. The van der Waals surface area contributed by atoms with Gasteiger partial charge in [-0.2, -0.15) is 0 Å². The van der Waals surface area contributed by atoms with Crippen LogP contribution in [0.3, 0.4) is 0 Å². The van der Waals surface area contributed by atoms with Gasteiger partial charge in [0.25, 0.3) is 0 Å². The zero-order valence-corrected chi connectivity index (χ0v) is 11.6. The van der Waals surface area contributed by atoms with Gasteiger partial charge < -0.3 is 15.3 Å². The highest BCUT2D eigenvalue weighted by Crippen LogP contribution is 2.34. The Kier molecular flexibility index (Phi) is 4.66. The SMILES string of the molecule is CCC(CNC(=O)N(CC1CC1)C1CC1)CC(=O)O. The number of nitrogens with zero attached hydrogens (tertiary/aromatic N) is 1. The zero-order chi connectivity index (χ0) is 13.8. The van der Waals surface area contributed by atoms with Crippen LogP contribution in [0.25, 0.3) is 0 Å². The van der Waals surface area contributed by atoms with Gasteiger partial charge in [-0.3, -0.25) is 4.79 Å². The van der Waals surface area contributed by atoms with Gasteiger partial charge >= 0.3 is 12.0 Å². The van der Waals surface area contributed by atoms with Gasteiger partial charge in [-0.15, -0.1) is 0 Å². The van der Waals surface area contributed by atoms with Crippen LogP contribution in [0.2, 0.25) is 0 Å². The van der Waals surface area contributed by atoms with Crippen LogP contribution in [0.1, 0.15) is 45.4 Å². The minimum Gasteiger partial charge on any atom is -0.481 e. The fourth-order valence-electron chi connectivity index (χ4n) is 2.30. The highest BCUT2D eigenvalue weighted by Gasteiger charge is 2.36. The number of nitrogens with one attached hydrogen (secondary N) is 1. The number of hydrogen-bond acceptors (Lipinski definition) is 2. The minimum absolute atomic E-state index is 0.00163. The fourth-order valence-corrected chi connectivity index (χ4v) is 2.30. The molecule has 2 rings (SSSR count). The van der Waals surface area contributed by atoms with E-state index in [2.05, 4.69) is 5.32 Å². The van der Waals surface area contributed by atoms with Crippen molar-refractivity contribution in [2.75, 3.05) is 13.1 Å². The van der Waals surface area contributed by atoms with Crippen LogP contribution in [0.15, 0.2) is 0 Å². The van der Waals surface area contributed by atoms with Crippen LogP contribution in [-0.2, 0) is 4.79 Å². The van der Waals surface area contributed by atoms with E-state index in [0.29, 0.717) is 18.5 Å². The van der Waals surface area contributed by atoms with Gasteiger partial charge in [-0.1, -0.05) is 13.3 Å². The van der Waals surface area contributed by atoms with Crippen molar-refractivity contribution in [3.8, 4) is 0 Å². The van der Waals surface area contributed by atoms with Crippen LogP contribution in [-0.4, -0.2) is 41.1 Å². The van der Waals surface area contributed by atoms with Crippen LogP contribution in [0.4, 0.5) is 4.79 Å². The molecule has 0 aromatic heterocycles. The summed E-state index contributed by atoms with van der Waals surface area (Å²) in [7, 11) is 0. The molecule has 0 aromatic rings. The molecule has 5 heteroatoms. The van der Waals surface area contributed by atoms with Gasteiger partial charge in [0.1, 0.15) is 0 Å². The molecule has 1 atom stereocenters. The lowest BCUT2D eigenvalue weighted by atomic mass is 10.0. The maximum atomic E-state index is 12.2. The number of carbonyl (C=O) groups excluding carboxylic acids is 1. The molecule has 0 aromatic carbocycles. The number of hydrogen-bond donors (Lipinski definition) is 2.